The average molecular weight is 296 g/mol. The van der Waals surface area contributed by atoms with Gasteiger partial charge >= 0.3 is 6.18 Å². The molecule has 0 aromatic carbocycles. The summed E-state index contributed by atoms with van der Waals surface area (Å²) in [4.78, 5) is 14.7. The maximum atomic E-state index is 12.5. The fraction of sp³-hybridized carbons (Fsp3) is 0.923. The van der Waals surface area contributed by atoms with Crippen molar-refractivity contribution < 1.29 is 23.1 Å². The number of halogens is 3. The molecule has 0 unspecified atom stereocenters. The first kappa shape index (κ1) is 17.2. The summed E-state index contributed by atoms with van der Waals surface area (Å²) in [6, 6.07) is 0.234. The number of rotatable bonds is 8. The molecule has 0 aliphatic heterocycles. The van der Waals surface area contributed by atoms with Crippen molar-refractivity contribution in [3.8, 4) is 0 Å². The van der Waals surface area contributed by atoms with E-state index < -0.39 is 18.6 Å². The van der Waals surface area contributed by atoms with Gasteiger partial charge in [0.1, 0.15) is 6.54 Å². The number of hydrogen-bond acceptors (Lipinski definition) is 3. The Balaban J connectivity index is 2.60. The second kappa shape index (κ2) is 7.26. The van der Waals surface area contributed by atoms with Crippen LogP contribution >= 0.6 is 0 Å². The van der Waals surface area contributed by atoms with E-state index in [9.17, 15) is 18.0 Å². The normalized spacial score (nSPS) is 16.0. The Labute approximate surface area is 117 Å². The van der Waals surface area contributed by atoms with Crippen molar-refractivity contribution >= 4 is 5.91 Å². The number of nitrogens with zero attached hydrogens (tertiary/aromatic N) is 2. The molecule has 0 atom stereocenters. The zero-order valence-corrected chi connectivity index (χ0v) is 12.0. The Morgan fingerprint density at radius 3 is 2.35 bits per heavy atom. The molecule has 0 aromatic rings. The molecule has 0 bridgehead atoms. The highest BCUT2D eigenvalue weighted by Gasteiger charge is 2.35. The monoisotopic (exact) mass is 296 g/mol. The van der Waals surface area contributed by atoms with E-state index in [0.29, 0.717) is 6.54 Å². The van der Waals surface area contributed by atoms with Crippen LogP contribution in [-0.2, 0) is 4.79 Å². The average Bonchev–Trinajstić information content (AvgIpc) is 3.08. The molecular weight excluding hydrogens is 273 g/mol. The molecule has 1 rings (SSSR count). The van der Waals surface area contributed by atoms with Crippen molar-refractivity contribution in [1.29, 1.82) is 0 Å². The van der Waals surface area contributed by atoms with Crippen molar-refractivity contribution in [2.24, 2.45) is 5.92 Å². The molecule has 118 valence electrons. The second-order valence-corrected chi connectivity index (χ2v) is 5.71. The molecule has 1 fully saturated rings. The minimum Gasteiger partial charge on any atom is -0.395 e. The van der Waals surface area contributed by atoms with Crippen LogP contribution in [0.2, 0.25) is 0 Å². The molecule has 1 N–H and O–H groups in total. The van der Waals surface area contributed by atoms with Crippen LogP contribution in [0.25, 0.3) is 0 Å². The zero-order valence-electron chi connectivity index (χ0n) is 12.0. The number of hydrogen-bond donors (Lipinski definition) is 1. The molecule has 0 spiro atoms. The fourth-order valence-corrected chi connectivity index (χ4v) is 2.14. The Bertz CT molecular complexity index is 317. The number of carbonyl (C=O) groups excluding carboxylic acids is 1. The largest absolute Gasteiger partial charge is 0.406 e. The molecule has 1 aliphatic carbocycles. The molecule has 20 heavy (non-hydrogen) atoms. The van der Waals surface area contributed by atoms with Crippen LogP contribution in [0.5, 0.6) is 0 Å². The van der Waals surface area contributed by atoms with Crippen LogP contribution in [0.3, 0.4) is 0 Å². The van der Waals surface area contributed by atoms with Gasteiger partial charge in [0.15, 0.2) is 0 Å². The third-order valence-electron chi connectivity index (χ3n) is 3.10. The van der Waals surface area contributed by atoms with Gasteiger partial charge in [-0.3, -0.25) is 9.69 Å². The van der Waals surface area contributed by atoms with Gasteiger partial charge < -0.3 is 10.0 Å². The SMILES string of the molecule is CC(C)CN(CC(F)(F)F)C(=O)CN(CCO)C1CC1. The molecular formula is C13H23F3N2O2. The van der Waals surface area contributed by atoms with E-state index in [4.69, 9.17) is 5.11 Å². The predicted octanol–water partition coefficient (Wildman–Crippen LogP) is 1.49. The van der Waals surface area contributed by atoms with Crippen molar-refractivity contribution in [3.05, 3.63) is 0 Å². The number of aliphatic hydroxyl groups is 1. The van der Waals surface area contributed by atoms with E-state index in [2.05, 4.69) is 0 Å². The van der Waals surface area contributed by atoms with Crippen molar-refractivity contribution in [3.63, 3.8) is 0 Å². The highest BCUT2D eigenvalue weighted by atomic mass is 19.4. The van der Waals surface area contributed by atoms with Gasteiger partial charge in [-0.15, -0.1) is 0 Å². The van der Waals surface area contributed by atoms with Crippen LogP contribution in [0.1, 0.15) is 26.7 Å². The van der Waals surface area contributed by atoms with E-state index in [0.717, 1.165) is 17.7 Å². The first-order chi connectivity index (χ1) is 9.23. The lowest BCUT2D eigenvalue weighted by Gasteiger charge is -2.29. The number of alkyl halides is 3. The lowest BCUT2D eigenvalue weighted by molar-refractivity contribution is -0.162. The maximum Gasteiger partial charge on any atom is 0.406 e. The van der Waals surface area contributed by atoms with Gasteiger partial charge in [0, 0.05) is 19.1 Å². The van der Waals surface area contributed by atoms with Crippen LogP contribution < -0.4 is 0 Å². The standard InChI is InChI=1S/C13H23F3N2O2/c1-10(2)7-18(9-13(14,15)16)12(20)8-17(5-6-19)11-3-4-11/h10-11,19H,3-9H2,1-2H3. The summed E-state index contributed by atoms with van der Waals surface area (Å²) < 4.78 is 37.6. The van der Waals surface area contributed by atoms with Gasteiger partial charge in [-0.25, -0.2) is 0 Å². The molecule has 0 saturated heterocycles. The summed E-state index contributed by atoms with van der Waals surface area (Å²) in [5, 5.41) is 8.95. The number of aliphatic hydroxyl groups excluding tert-OH is 1. The highest BCUT2D eigenvalue weighted by Crippen LogP contribution is 2.26. The van der Waals surface area contributed by atoms with Gasteiger partial charge in [-0.1, -0.05) is 13.8 Å². The Morgan fingerprint density at radius 2 is 1.95 bits per heavy atom. The first-order valence-corrected chi connectivity index (χ1v) is 6.92. The van der Waals surface area contributed by atoms with E-state index in [1.54, 1.807) is 18.7 Å². The van der Waals surface area contributed by atoms with Gasteiger partial charge in [0.25, 0.3) is 0 Å². The fourth-order valence-electron chi connectivity index (χ4n) is 2.14. The third-order valence-corrected chi connectivity index (χ3v) is 3.10. The molecule has 0 radical (unpaired) electrons. The van der Waals surface area contributed by atoms with Crippen molar-refractivity contribution in [2.45, 2.75) is 38.9 Å². The van der Waals surface area contributed by atoms with Crippen molar-refractivity contribution in [1.82, 2.24) is 9.80 Å². The smallest absolute Gasteiger partial charge is 0.395 e. The minimum atomic E-state index is -4.38. The van der Waals surface area contributed by atoms with E-state index in [1.807, 2.05) is 0 Å². The zero-order chi connectivity index (χ0) is 15.3. The summed E-state index contributed by atoms with van der Waals surface area (Å²) in [5.74, 6) is -0.537. The van der Waals surface area contributed by atoms with E-state index in [-0.39, 0.29) is 31.7 Å². The second-order valence-electron chi connectivity index (χ2n) is 5.71. The lowest BCUT2D eigenvalue weighted by atomic mass is 10.2. The summed E-state index contributed by atoms with van der Waals surface area (Å²) in [7, 11) is 0. The van der Waals surface area contributed by atoms with E-state index in [1.165, 1.54) is 0 Å². The van der Waals surface area contributed by atoms with Gasteiger partial charge in [0.05, 0.1) is 13.2 Å². The summed E-state index contributed by atoms with van der Waals surface area (Å²) >= 11 is 0. The molecule has 1 aliphatic rings. The number of carbonyl (C=O) groups is 1. The predicted molar refractivity (Wildman–Crippen MR) is 69.2 cm³/mol. The van der Waals surface area contributed by atoms with E-state index >= 15 is 0 Å². The van der Waals surface area contributed by atoms with Gasteiger partial charge in [-0.2, -0.15) is 13.2 Å². The van der Waals surface area contributed by atoms with Gasteiger partial charge in [0.2, 0.25) is 5.91 Å². The molecule has 0 aromatic heterocycles. The summed E-state index contributed by atoms with van der Waals surface area (Å²) in [5.41, 5.74) is 0. The maximum absolute atomic E-state index is 12.5. The molecule has 7 heteroatoms. The highest BCUT2D eigenvalue weighted by molar-refractivity contribution is 5.78. The molecule has 4 nitrogen and oxygen atoms in total. The van der Waals surface area contributed by atoms with Crippen LogP contribution in [0, 0.1) is 5.92 Å². The molecule has 0 heterocycles. The Hall–Kier alpha value is -0.820. The third kappa shape index (κ3) is 6.56. The van der Waals surface area contributed by atoms with Gasteiger partial charge in [-0.05, 0) is 18.8 Å². The quantitative estimate of drug-likeness (QED) is 0.738. The topological polar surface area (TPSA) is 43.8 Å². The number of amides is 1. The van der Waals surface area contributed by atoms with Crippen LogP contribution in [0.15, 0.2) is 0 Å². The Kier molecular flexibility index (Phi) is 6.26. The summed E-state index contributed by atoms with van der Waals surface area (Å²) in [6.07, 6.45) is -2.50. The molecule has 1 saturated carbocycles. The van der Waals surface area contributed by atoms with Crippen LogP contribution in [0.4, 0.5) is 13.2 Å². The molecule has 1 amide bonds. The minimum absolute atomic E-state index is 0.0199. The first-order valence-electron chi connectivity index (χ1n) is 6.92. The van der Waals surface area contributed by atoms with Crippen molar-refractivity contribution in [2.75, 3.05) is 32.8 Å². The summed E-state index contributed by atoms with van der Waals surface area (Å²) in [6.45, 7) is 2.64. The van der Waals surface area contributed by atoms with Crippen LogP contribution in [-0.4, -0.2) is 65.8 Å². The Morgan fingerprint density at radius 1 is 1.35 bits per heavy atom. The lowest BCUT2D eigenvalue weighted by Crippen LogP contribution is -2.47.